The molecule has 2 aromatic heterocycles. The fourth-order valence-electron chi connectivity index (χ4n) is 4.28. The van der Waals surface area contributed by atoms with Crippen LogP contribution in [0, 0.1) is 0 Å². The number of nitrogens with one attached hydrogen (secondary N) is 1. The molecule has 1 atom stereocenters. The first-order valence-corrected chi connectivity index (χ1v) is 11.1. The summed E-state index contributed by atoms with van der Waals surface area (Å²) in [5.74, 6) is 1.58. The number of furan rings is 1. The predicted octanol–water partition coefficient (Wildman–Crippen LogP) is 4.59. The minimum Gasteiger partial charge on any atom is -0.468 e. The Labute approximate surface area is 177 Å². The van der Waals surface area contributed by atoms with Gasteiger partial charge in [0.2, 0.25) is 0 Å². The summed E-state index contributed by atoms with van der Waals surface area (Å²) < 4.78 is 5.70. The van der Waals surface area contributed by atoms with Crippen LogP contribution in [0.5, 0.6) is 0 Å². The quantitative estimate of drug-likeness (QED) is 0.746. The van der Waals surface area contributed by atoms with Crippen LogP contribution in [-0.4, -0.2) is 53.4 Å². The van der Waals surface area contributed by atoms with Crippen molar-refractivity contribution in [3.8, 4) is 0 Å². The number of hydrogen-bond donors (Lipinski definition) is 1. The second kappa shape index (κ2) is 9.63. The van der Waals surface area contributed by atoms with Crippen LogP contribution in [-0.2, 0) is 0 Å². The molecular formula is C22H29ClN4O2. The molecule has 2 saturated heterocycles. The second-order valence-corrected chi connectivity index (χ2v) is 8.32. The molecule has 0 aromatic carbocycles. The van der Waals surface area contributed by atoms with Crippen LogP contribution in [0.15, 0.2) is 35.1 Å². The summed E-state index contributed by atoms with van der Waals surface area (Å²) in [7, 11) is 0. The topological polar surface area (TPSA) is 61.6 Å². The Morgan fingerprint density at radius 1 is 1.14 bits per heavy atom. The van der Waals surface area contributed by atoms with E-state index < -0.39 is 0 Å². The first kappa shape index (κ1) is 20.2. The minimum absolute atomic E-state index is 0.0208. The molecule has 1 amide bonds. The van der Waals surface area contributed by atoms with Gasteiger partial charge < -0.3 is 14.6 Å². The molecular weight excluding hydrogens is 388 g/mol. The van der Waals surface area contributed by atoms with Gasteiger partial charge in [-0.25, -0.2) is 4.98 Å². The van der Waals surface area contributed by atoms with Gasteiger partial charge in [0, 0.05) is 25.8 Å². The Hall–Kier alpha value is -2.05. The fourth-order valence-corrected chi connectivity index (χ4v) is 4.51. The first-order chi connectivity index (χ1) is 14.2. The zero-order valence-electron chi connectivity index (χ0n) is 16.8. The van der Waals surface area contributed by atoms with E-state index in [0.29, 0.717) is 22.9 Å². The molecule has 4 rings (SSSR count). The van der Waals surface area contributed by atoms with Crippen molar-refractivity contribution in [3.05, 3.63) is 47.0 Å². The molecule has 156 valence electrons. The number of carbonyl (C=O) groups is 1. The number of halogens is 1. The van der Waals surface area contributed by atoms with Crippen molar-refractivity contribution in [1.82, 2.24) is 14.8 Å². The summed E-state index contributed by atoms with van der Waals surface area (Å²) in [6.45, 7) is 4.42. The van der Waals surface area contributed by atoms with Gasteiger partial charge in [-0.05, 0) is 63.4 Å². The summed E-state index contributed by atoms with van der Waals surface area (Å²) in [6, 6.07) is 5.82. The third kappa shape index (κ3) is 4.93. The molecule has 2 aliphatic heterocycles. The SMILES string of the molecule is O=C(c1cnc(NCC(c2ccco2)N2CCCCC2)c(Cl)c1)N1CCCCC1. The van der Waals surface area contributed by atoms with E-state index in [2.05, 4.69) is 15.2 Å². The number of amides is 1. The standard InChI is InChI=1S/C22H29ClN4O2/c23-18-14-17(22(28)27-11-5-2-6-12-27)15-24-21(18)25-16-19(20-8-7-13-29-20)26-9-3-1-4-10-26/h7-8,13-15,19H,1-6,9-12,16H2,(H,24,25). The van der Waals surface area contributed by atoms with Gasteiger partial charge in [0.05, 0.1) is 22.9 Å². The van der Waals surface area contributed by atoms with Crippen molar-refractivity contribution >= 4 is 23.3 Å². The largest absolute Gasteiger partial charge is 0.468 e. The molecule has 2 aromatic rings. The van der Waals surface area contributed by atoms with E-state index >= 15 is 0 Å². The van der Waals surface area contributed by atoms with Crippen LogP contribution in [0.2, 0.25) is 5.02 Å². The van der Waals surface area contributed by atoms with Crippen LogP contribution in [0.3, 0.4) is 0 Å². The smallest absolute Gasteiger partial charge is 0.255 e. The van der Waals surface area contributed by atoms with Gasteiger partial charge in [-0.15, -0.1) is 0 Å². The Kier molecular flexibility index (Phi) is 6.72. The van der Waals surface area contributed by atoms with Gasteiger partial charge in [-0.2, -0.15) is 0 Å². The molecule has 2 aliphatic rings. The molecule has 4 heterocycles. The average Bonchev–Trinajstić information content (AvgIpc) is 3.30. The zero-order chi connectivity index (χ0) is 20.1. The van der Waals surface area contributed by atoms with Gasteiger partial charge in [-0.3, -0.25) is 9.69 Å². The molecule has 0 radical (unpaired) electrons. The third-order valence-corrected chi connectivity index (χ3v) is 6.19. The Bertz CT molecular complexity index is 799. The lowest BCUT2D eigenvalue weighted by molar-refractivity contribution is 0.0724. The van der Waals surface area contributed by atoms with E-state index in [1.807, 2.05) is 17.0 Å². The minimum atomic E-state index is 0.0208. The van der Waals surface area contributed by atoms with Gasteiger partial charge in [-0.1, -0.05) is 18.0 Å². The van der Waals surface area contributed by atoms with Gasteiger partial charge in [0.25, 0.3) is 5.91 Å². The summed E-state index contributed by atoms with van der Waals surface area (Å²) >= 11 is 6.47. The van der Waals surface area contributed by atoms with Crippen LogP contribution in [0.1, 0.15) is 60.7 Å². The first-order valence-electron chi connectivity index (χ1n) is 10.7. The normalized spacial score (nSPS) is 19.1. The maximum atomic E-state index is 12.7. The van der Waals surface area contributed by atoms with E-state index in [4.69, 9.17) is 16.0 Å². The second-order valence-electron chi connectivity index (χ2n) is 7.92. The summed E-state index contributed by atoms with van der Waals surface area (Å²) in [5, 5.41) is 3.85. The number of aromatic nitrogens is 1. The van der Waals surface area contributed by atoms with Crippen molar-refractivity contribution in [2.75, 3.05) is 38.0 Å². The number of likely N-dealkylation sites (tertiary alicyclic amines) is 2. The lowest BCUT2D eigenvalue weighted by Gasteiger charge is -2.33. The predicted molar refractivity (Wildman–Crippen MR) is 114 cm³/mol. The molecule has 6 nitrogen and oxygen atoms in total. The molecule has 7 heteroatoms. The molecule has 2 fully saturated rings. The number of rotatable bonds is 6. The van der Waals surface area contributed by atoms with Crippen molar-refractivity contribution in [2.24, 2.45) is 0 Å². The van der Waals surface area contributed by atoms with Crippen molar-refractivity contribution in [3.63, 3.8) is 0 Å². The highest BCUT2D eigenvalue weighted by molar-refractivity contribution is 6.33. The van der Waals surface area contributed by atoms with E-state index in [0.717, 1.165) is 44.8 Å². The molecule has 0 saturated carbocycles. The lowest BCUT2D eigenvalue weighted by Crippen LogP contribution is -2.37. The number of hydrogen-bond acceptors (Lipinski definition) is 5. The van der Waals surface area contributed by atoms with E-state index in [9.17, 15) is 4.79 Å². The third-order valence-electron chi connectivity index (χ3n) is 5.90. The van der Waals surface area contributed by atoms with E-state index in [1.54, 1.807) is 18.5 Å². The maximum absolute atomic E-state index is 12.7. The molecule has 1 N–H and O–H groups in total. The van der Waals surface area contributed by atoms with Gasteiger partial charge >= 0.3 is 0 Å². The Morgan fingerprint density at radius 3 is 2.52 bits per heavy atom. The Balaban J connectivity index is 1.43. The molecule has 1 unspecified atom stereocenters. The van der Waals surface area contributed by atoms with Crippen LogP contribution < -0.4 is 5.32 Å². The lowest BCUT2D eigenvalue weighted by atomic mass is 10.1. The van der Waals surface area contributed by atoms with Crippen LogP contribution >= 0.6 is 11.6 Å². The summed E-state index contributed by atoms with van der Waals surface area (Å²) in [6.07, 6.45) is 10.4. The molecule has 0 bridgehead atoms. The van der Waals surface area contributed by atoms with E-state index in [1.165, 1.54) is 25.7 Å². The number of carbonyl (C=O) groups excluding carboxylic acids is 1. The molecule has 0 spiro atoms. The van der Waals surface area contributed by atoms with E-state index in [-0.39, 0.29) is 11.9 Å². The number of pyridine rings is 1. The zero-order valence-corrected chi connectivity index (χ0v) is 17.5. The van der Waals surface area contributed by atoms with Crippen molar-refractivity contribution in [1.29, 1.82) is 0 Å². The van der Waals surface area contributed by atoms with Gasteiger partial charge in [0.15, 0.2) is 0 Å². The summed E-state index contributed by atoms with van der Waals surface area (Å²) in [4.78, 5) is 21.5. The highest BCUT2D eigenvalue weighted by Crippen LogP contribution is 2.27. The number of piperidine rings is 2. The van der Waals surface area contributed by atoms with Crippen molar-refractivity contribution in [2.45, 2.75) is 44.6 Å². The van der Waals surface area contributed by atoms with Crippen LogP contribution in [0.4, 0.5) is 5.82 Å². The highest BCUT2D eigenvalue weighted by atomic mass is 35.5. The highest BCUT2D eigenvalue weighted by Gasteiger charge is 2.25. The summed E-state index contributed by atoms with van der Waals surface area (Å²) in [5.41, 5.74) is 0.557. The average molecular weight is 417 g/mol. The maximum Gasteiger partial charge on any atom is 0.255 e. The molecule has 0 aliphatic carbocycles. The monoisotopic (exact) mass is 416 g/mol. The fraction of sp³-hybridized carbons (Fsp3) is 0.545. The number of nitrogens with zero attached hydrogens (tertiary/aromatic N) is 3. The number of anilines is 1. The van der Waals surface area contributed by atoms with Gasteiger partial charge in [0.1, 0.15) is 11.6 Å². The van der Waals surface area contributed by atoms with Crippen molar-refractivity contribution < 1.29 is 9.21 Å². The Morgan fingerprint density at radius 2 is 1.86 bits per heavy atom. The van der Waals surface area contributed by atoms with Crippen LogP contribution in [0.25, 0.3) is 0 Å². The molecule has 29 heavy (non-hydrogen) atoms.